The van der Waals surface area contributed by atoms with Crippen LogP contribution in [0.4, 0.5) is 13.2 Å². The summed E-state index contributed by atoms with van der Waals surface area (Å²) in [5.74, 6) is 0.0142. The van der Waals surface area contributed by atoms with Gasteiger partial charge in [-0.05, 0) is 36.4 Å². The fraction of sp³-hybridized carbons (Fsp3) is 0.333. The number of ether oxygens (including phenoxy) is 3. The van der Waals surface area contributed by atoms with Gasteiger partial charge in [0.2, 0.25) is 0 Å². The van der Waals surface area contributed by atoms with Gasteiger partial charge in [-0.1, -0.05) is 0 Å². The van der Waals surface area contributed by atoms with Crippen LogP contribution in [0.2, 0.25) is 0 Å². The van der Waals surface area contributed by atoms with E-state index in [2.05, 4.69) is 4.74 Å². The van der Waals surface area contributed by atoms with E-state index >= 15 is 0 Å². The molecule has 0 aromatic heterocycles. The lowest BCUT2D eigenvalue weighted by molar-refractivity contribution is -0.274. The lowest BCUT2D eigenvalue weighted by atomic mass is 10.1. The number of rotatable bonds is 5. The van der Waals surface area contributed by atoms with E-state index in [0.29, 0.717) is 43.2 Å². The Balaban J connectivity index is 1.61. The number of halogens is 3. The van der Waals surface area contributed by atoms with Gasteiger partial charge in [-0.3, -0.25) is 9.59 Å². The zero-order chi connectivity index (χ0) is 22.6. The second-order valence-corrected chi connectivity index (χ2v) is 6.72. The highest BCUT2D eigenvalue weighted by Gasteiger charge is 2.31. The predicted molar refractivity (Wildman–Crippen MR) is 104 cm³/mol. The molecule has 1 saturated heterocycles. The molecule has 1 heterocycles. The third kappa shape index (κ3) is 5.39. The molecule has 0 unspecified atom stereocenters. The van der Waals surface area contributed by atoms with E-state index in [4.69, 9.17) is 9.47 Å². The van der Waals surface area contributed by atoms with Gasteiger partial charge in [-0.2, -0.15) is 0 Å². The Morgan fingerprint density at radius 3 is 1.87 bits per heavy atom. The number of hydrogen-bond acceptors (Lipinski definition) is 5. The molecule has 0 aliphatic carbocycles. The van der Waals surface area contributed by atoms with Gasteiger partial charge in [0, 0.05) is 37.8 Å². The Morgan fingerprint density at radius 1 is 0.806 bits per heavy atom. The fourth-order valence-electron chi connectivity index (χ4n) is 3.24. The summed E-state index contributed by atoms with van der Waals surface area (Å²) < 4.78 is 51.0. The van der Waals surface area contributed by atoms with Gasteiger partial charge < -0.3 is 24.0 Å². The molecule has 0 saturated carbocycles. The molecule has 0 N–H and O–H groups in total. The zero-order valence-electron chi connectivity index (χ0n) is 16.9. The van der Waals surface area contributed by atoms with Gasteiger partial charge in [0.25, 0.3) is 11.8 Å². The van der Waals surface area contributed by atoms with Crippen LogP contribution in [0.1, 0.15) is 20.7 Å². The van der Waals surface area contributed by atoms with Gasteiger partial charge in [-0.15, -0.1) is 13.2 Å². The molecule has 0 atom stereocenters. The number of benzene rings is 2. The van der Waals surface area contributed by atoms with Gasteiger partial charge in [0.15, 0.2) is 0 Å². The molecule has 7 nitrogen and oxygen atoms in total. The number of carbonyl (C=O) groups is 2. The maximum Gasteiger partial charge on any atom is 0.573 e. The van der Waals surface area contributed by atoms with Gasteiger partial charge in [-0.25, -0.2) is 0 Å². The van der Waals surface area contributed by atoms with Crippen LogP contribution in [0.25, 0.3) is 0 Å². The summed E-state index contributed by atoms with van der Waals surface area (Å²) >= 11 is 0. The normalized spacial score (nSPS) is 14.2. The predicted octanol–water partition coefficient (Wildman–Crippen LogP) is 3.20. The Kier molecular flexibility index (Phi) is 6.57. The average molecular weight is 438 g/mol. The van der Waals surface area contributed by atoms with Crippen LogP contribution < -0.4 is 14.2 Å². The van der Waals surface area contributed by atoms with Crippen LogP contribution in [-0.4, -0.2) is 68.4 Å². The van der Waals surface area contributed by atoms with E-state index in [1.807, 2.05) is 0 Å². The van der Waals surface area contributed by atoms with E-state index < -0.39 is 12.1 Å². The maximum absolute atomic E-state index is 12.9. The van der Waals surface area contributed by atoms with Crippen molar-refractivity contribution < 1.29 is 37.0 Å². The van der Waals surface area contributed by atoms with Crippen molar-refractivity contribution in [3.05, 3.63) is 53.6 Å². The third-order valence-electron chi connectivity index (χ3n) is 4.83. The molecule has 2 aromatic rings. The summed E-state index contributed by atoms with van der Waals surface area (Å²) in [7, 11) is 2.98. The molecule has 0 radical (unpaired) electrons. The molecule has 3 rings (SSSR count). The number of hydrogen-bond donors (Lipinski definition) is 0. The largest absolute Gasteiger partial charge is 0.573 e. The van der Waals surface area contributed by atoms with Crippen LogP contribution in [-0.2, 0) is 0 Å². The van der Waals surface area contributed by atoms with Gasteiger partial charge in [0.05, 0.1) is 19.8 Å². The standard InChI is InChI=1S/C21H21F3N2O5/c1-29-16-7-8-17(18(13-16)30-2)20(28)26-11-9-25(10-12-26)19(27)14-3-5-15(6-4-14)31-21(22,23)24/h3-8,13H,9-12H2,1-2H3. The van der Waals surface area contributed by atoms with E-state index in [1.165, 1.54) is 26.4 Å². The van der Waals surface area contributed by atoms with Crippen molar-refractivity contribution in [3.8, 4) is 17.2 Å². The monoisotopic (exact) mass is 438 g/mol. The minimum absolute atomic E-state index is 0.222. The molecular formula is C21H21F3N2O5. The van der Waals surface area contributed by atoms with Gasteiger partial charge >= 0.3 is 6.36 Å². The number of amides is 2. The van der Waals surface area contributed by atoms with Crippen molar-refractivity contribution in [1.82, 2.24) is 9.80 Å². The van der Waals surface area contributed by atoms with E-state index in [0.717, 1.165) is 12.1 Å². The van der Waals surface area contributed by atoms with E-state index in [-0.39, 0.29) is 17.4 Å². The van der Waals surface area contributed by atoms with E-state index in [9.17, 15) is 22.8 Å². The van der Waals surface area contributed by atoms with Crippen LogP contribution in [0.3, 0.4) is 0 Å². The van der Waals surface area contributed by atoms with Crippen LogP contribution >= 0.6 is 0 Å². The quantitative estimate of drug-likeness (QED) is 0.717. The minimum Gasteiger partial charge on any atom is -0.497 e. The number of piperazine rings is 1. The minimum atomic E-state index is -4.79. The van der Waals surface area contributed by atoms with Crippen LogP contribution in [0.5, 0.6) is 17.2 Å². The Bertz CT molecular complexity index is 939. The Morgan fingerprint density at radius 2 is 1.35 bits per heavy atom. The highest BCUT2D eigenvalue weighted by Crippen LogP contribution is 2.27. The lowest BCUT2D eigenvalue weighted by Crippen LogP contribution is -2.50. The highest BCUT2D eigenvalue weighted by molar-refractivity contribution is 5.98. The fourth-order valence-corrected chi connectivity index (χ4v) is 3.24. The maximum atomic E-state index is 12.9. The Hall–Kier alpha value is -3.43. The first-order chi connectivity index (χ1) is 14.7. The molecule has 2 amide bonds. The van der Waals surface area contributed by atoms with Crippen molar-refractivity contribution in [2.75, 3.05) is 40.4 Å². The summed E-state index contributed by atoms with van der Waals surface area (Å²) in [6.07, 6.45) is -4.79. The summed E-state index contributed by atoms with van der Waals surface area (Å²) in [5.41, 5.74) is 0.634. The van der Waals surface area contributed by atoms with Crippen LogP contribution in [0.15, 0.2) is 42.5 Å². The number of methoxy groups -OCH3 is 2. The molecule has 0 bridgehead atoms. The molecule has 166 valence electrons. The first-order valence-electron chi connectivity index (χ1n) is 9.38. The summed E-state index contributed by atoms with van der Waals surface area (Å²) in [4.78, 5) is 28.7. The molecule has 0 spiro atoms. The summed E-state index contributed by atoms with van der Waals surface area (Å²) in [6.45, 7) is 1.22. The molecular weight excluding hydrogens is 417 g/mol. The lowest BCUT2D eigenvalue weighted by Gasteiger charge is -2.35. The SMILES string of the molecule is COc1ccc(C(=O)N2CCN(C(=O)c3ccc(OC(F)(F)F)cc3)CC2)c(OC)c1. The first-order valence-corrected chi connectivity index (χ1v) is 9.38. The van der Waals surface area contributed by atoms with Crippen molar-refractivity contribution in [2.24, 2.45) is 0 Å². The Labute approximate surface area is 176 Å². The van der Waals surface area contributed by atoms with Gasteiger partial charge in [0.1, 0.15) is 17.2 Å². The van der Waals surface area contributed by atoms with Crippen LogP contribution in [0, 0.1) is 0 Å². The highest BCUT2D eigenvalue weighted by atomic mass is 19.4. The number of nitrogens with zero attached hydrogens (tertiary/aromatic N) is 2. The summed E-state index contributed by atoms with van der Waals surface area (Å²) in [6, 6.07) is 9.67. The molecule has 1 aliphatic rings. The third-order valence-corrected chi connectivity index (χ3v) is 4.83. The molecule has 31 heavy (non-hydrogen) atoms. The van der Waals surface area contributed by atoms with Crippen molar-refractivity contribution in [3.63, 3.8) is 0 Å². The second-order valence-electron chi connectivity index (χ2n) is 6.72. The second kappa shape index (κ2) is 9.15. The molecule has 1 aliphatic heterocycles. The average Bonchev–Trinajstić information content (AvgIpc) is 2.77. The number of carbonyl (C=O) groups excluding carboxylic acids is 2. The summed E-state index contributed by atoms with van der Waals surface area (Å²) in [5, 5.41) is 0. The molecule has 10 heteroatoms. The first kappa shape index (κ1) is 22.3. The molecule has 1 fully saturated rings. The van der Waals surface area contributed by atoms with Crippen molar-refractivity contribution in [1.29, 1.82) is 0 Å². The van der Waals surface area contributed by atoms with Crippen molar-refractivity contribution in [2.45, 2.75) is 6.36 Å². The zero-order valence-corrected chi connectivity index (χ0v) is 16.9. The van der Waals surface area contributed by atoms with Crippen molar-refractivity contribution >= 4 is 11.8 Å². The van der Waals surface area contributed by atoms with E-state index in [1.54, 1.807) is 28.0 Å². The smallest absolute Gasteiger partial charge is 0.497 e. The topological polar surface area (TPSA) is 68.3 Å². The molecule has 2 aromatic carbocycles. The number of alkyl halides is 3.